The Balaban J connectivity index is 1.85. The number of carbonyl (C=O) groups excluding carboxylic acids is 1. The Bertz CT molecular complexity index is 590. The summed E-state index contributed by atoms with van der Waals surface area (Å²) in [5.74, 6) is 0.113. The van der Waals surface area contributed by atoms with Crippen LogP contribution in [-0.2, 0) is 6.42 Å². The average Bonchev–Trinajstić information content (AvgIpc) is 3.04. The predicted octanol–water partition coefficient (Wildman–Crippen LogP) is 2.68. The molecule has 4 heteroatoms. The molecule has 1 aromatic carbocycles. The minimum absolute atomic E-state index is 0.113. The van der Waals surface area contributed by atoms with Crippen LogP contribution < -0.4 is 5.32 Å². The lowest BCUT2D eigenvalue weighted by Gasteiger charge is -2.14. The van der Waals surface area contributed by atoms with E-state index in [4.69, 9.17) is 0 Å². The molecule has 98 valence electrons. The van der Waals surface area contributed by atoms with E-state index >= 15 is 0 Å². The Morgan fingerprint density at radius 1 is 1.37 bits per heavy atom. The highest BCUT2D eigenvalue weighted by Crippen LogP contribution is 2.27. The number of nitrogens with zero attached hydrogens (tertiary/aromatic N) is 2. The van der Waals surface area contributed by atoms with Crippen molar-refractivity contribution in [3.05, 3.63) is 47.8 Å². The highest BCUT2D eigenvalue weighted by atomic mass is 16.1. The van der Waals surface area contributed by atoms with Crippen LogP contribution in [0.25, 0.3) is 0 Å². The zero-order valence-electron chi connectivity index (χ0n) is 11.1. The van der Waals surface area contributed by atoms with Gasteiger partial charge >= 0.3 is 0 Å². The number of rotatable bonds is 3. The molecule has 3 rings (SSSR count). The van der Waals surface area contributed by atoms with Gasteiger partial charge in [0.1, 0.15) is 5.69 Å². The number of aromatic nitrogens is 2. The Kier molecular flexibility index (Phi) is 2.85. The minimum atomic E-state index is -0.174. The number of hydrogen-bond acceptors (Lipinski definition) is 3. The number of hydrogen-bond donors (Lipinski definition) is 1. The zero-order valence-corrected chi connectivity index (χ0v) is 11.1. The maximum Gasteiger partial charge on any atom is 0.203 e. The summed E-state index contributed by atoms with van der Waals surface area (Å²) in [6, 6.07) is 9.89. The molecule has 1 unspecified atom stereocenters. The van der Waals surface area contributed by atoms with Crippen molar-refractivity contribution in [3.8, 4) is 0 Å². The number of anilines is 1. The molecule has 19 heavy (non-hydrogen) atoms. The fraction of sp³-hybridized carbons (Fsp3) is 0.333. The molecule has 0 saturated carbocycles. The van der Waals surface area contributed by atoms with E-state index in [0.717, 1.165) is 12.1 Å². The van der Waals surface area contributed by atoms with E-state index < -0.39 is 0 Å². The normalized spacial score (nSPS) is 17.3. The van der Waals surface area contributed by atoms with E-state index in [2.05, 4.69) is 16.5 Å². The molecule has 1 aliphatic rings. The molecular formula is C15H17N3O. The molecule has 0 bridgehead atoms. The fourth-order valence-electron chi connectivity index (χ4n) is 2.56. The lowest BCUT2D eigenvalue weighted by atomic mass is 10.0. The molecule has 0 fully saturated rings. The van der Waals surface area contributed by atoms with Crippen molar-refractivity contribution in [3.63, 3.8) is 0 Å². The number of fused-ring (bicyclic) bond motifs is 1. The van der Waals surface area contributed by atoms with Gasteiger partial charge in [0.15, 0.2) is 0 Å². The molecule has 0 amide bonds. The van der Waals surface area contributed by atoms with Crippen LogP contribution in [0, 0.1) is 0 Å². The molecule has 2 heterocycles. The fourth-order valence-corrected chi connectivity index (χ4v) is 2.56. The van der Waals surface area contributed by atoms with E-state index in [9.17, 15) is 4.79 Å². The Morgan fingerprint density at radius 2 is 2.16 bits per heavy atom. The maximum atomic E-state index is 12.6. The molecule has 1 N–H and O–H groups in total. The van der Waals surface area contributed by atoms with Crippen LogP contribution in [-0.4, -0.2) is 21.6 Å². The number of ketones is 1. The monoisotopic (exact) mass is 255 g/mol. The molecule has 0 aliphatic carbocycles. The lowest BCUT2D eigenvalue weighted by molar-refractivity contribution is 0.0959. The van der Waals surface area contributed by atoms with E-state index in [-0.39, 0.29) is 17.9 Å². The second-order valence-corrected chi connectivity index (χ2v) is 5.18. The van der Waals surface area contributed by atoms with Crippen LogP contribution in [0.5, 0.6) is 0 Å². The number of benzene rings is 1. The van der Waals surface area contributed by atoms with Gasteiger partial charge in [-0.15, -0.1) is 0 Å². The summed E-state index contributed by atoms with van der Waals surface area (Å²) < 4.78 is 1.78. The largest absolute Gasteiger partial charge is 0.374 e. The summed E-state index contributed by atoms with van der Waals surface area (Å²) in [5.41, 5.74) is 2.95. The quantitative estimate of drug-likeness (QED) is 0.858. The second-order valence-electron chi connectivity index (χ2n) is 5.18. The molecule has 0 spiro atoms. The van der Waals surface area contributed by atoms with E-state index in [1.165, 1.54) is 5.56 Å². The third kappa shape index (κ3) is 2.03. The first-order valence-electron chi connectivity index (χ1n) is 6.59. The van der Waals surface area contributed by atoms with Gasteiger partial charge in [-0.05, 0) is 31.5 Å². The number of para-hydroxylation sites is 1. The van der Waals surface area contributed by atoms with E-state index in [0.29, 0.717) is 5.69 Å². The van der Waals surface area contributed by atoms with Crippen LogP contribution in [0.4, 0.5) is 5.69 Å². The van der Waals surface area contributed by atoms with Crippen molar-refractivity contribution >= 4 is 11.5 Å². The van der Waals surface area contributed by atoms with Crippen molar-refractivity contribution in [2.75, 3.05) is 5.32 Å². The van der Waals surface area contributed by atoms with Crippen LogP contribution in [0.1, 0.15) is 35.9 Å². The van der Waals surface area contributed by atoms with Gasteiger partial charge in [0, 0.05) is 24.3 Å². The number of nitrogens with one attached hydrogen (secondary N) is 1. The molecule has 1 aliphatic heterocycles. The lowest BCUT2D eigenvalue weighted by Crippen LogP contribution is -2.29. The van der Waals surface area contributed by atoms with Crippen molar-refractivity contribution in [2.24, 2.45) is 0 Å². The Morgan fingerprint density at radius 3 is 2.89 bits per heavy atom. The van der Waals surface area contributed by atoms with E-state index in [1.54, 1.807) is 16.9 Å². The van der Waals surface area contributed by atoms with Gasteiger partial charge in [-0.1, -0.05) is 18.2 Å². The molecular weight excluding hydrogens is 238 g/mol. The highest BCUT2D eigenvalue weighted by Gasteiger charge is 2.29. The number of carbonyl (C=O) groups is 1. The van der Waals surface area contributed by atoms with Gasteiger partial charge in [0.05, 0.1) is 6.04 Å². The van der Waals surface area contributed by atoms with Gasteiger partial charge in [-0.2, -0.15) is 5.10 Å². The van der Waals surface area contributed by atoms with Crippen molar-refractivity contribution in [2.45, 2.75) is 32.4 Å². The summed E-state index contributed by atoms with van der Waals surface area (Å²) in [6.45, 7) is 4.06. The molecule has 1 aromatic heterocycles. The molecule has 0 radical (unpaired) electrons. The van der Waals surface area contributed by atoms with Crippen molar-refractivity contribution < 1.29 is 4.79 Å². The molecule has 0 saturated heterocycles. The average molecular weight is 255 g/mol. The smallest absolute Gasteiger partial charge is 0.203 e. The molecule has 2 aromatic rings. The molecule has 4 nitrogen and oxygen atoms in total. The van der Waals surface area contributed by atoms with Crippen LogP contribution in [0.2, 0.25) is 0 Å². The first-order valence-corrected chi connectivity index (χ1v) is 6.59. The summed E-state index contributed by atoms with van der Waals surface area (Å²) in [5, 5.41) is 7.52. The summed E-state index contributed by atoms with van der Waals surface area (Å²) >= 11 is 0. The Labute approximate surface area is 112 Å². The number of Topliss-reactive ketones (excluding diaryl/α,β-unsaturated/α-hetero) is 1. The zero-order chi connectivity index (χ0) is 13.4. The summed E-state index contributed by atoms with van der Waals surface area (Å²) in [7, 11) is 0. The molecule has 1 atom stereocenters. The van der Waals surface area contributed by atoms with Gasteiger partial charge in [-0.3, -0.25) is 9.48 Å². The van der Waals surface area contributed by atoms with E-state index in [1.807, 2.05) is 32.0 Å². The topological polar surface area (TPSA) is 46.9 Å². The predicted molar refractivity (Wildman–Crippen MR) is 74.5 cm³/mol. The maximum absolute atomic E-state index is 12.6. The third-order valence-electron chi connectivity index (χ3n) is 3.50. The summed E-state index contributed by atoms with van der Waals surface area (Å²) in [6.07, 6.45) is 2.44. The van der Waals surface area contributed by atoms with Crippen LogP contribution in [0.15, 0.2) is 36.5 Å². The third-order valence-corrected chi connectivity index (χ3v) is 3.50. The van der Waals surface area contributed by atoms with Gasteiger partial charge in [-0.25, -0.2) is 0 Å². The first-order chi connectivity index (χ1) is 9.16. The highest BCUT2D eigenvalue weighted by molar-refractivity contribution is 6.01. The SMILES string of the molecule is CC(C)n1nccc1C(=O)C1Cc2ccccc2N1. The van der Waals surface area contributed by atoms with Crippen LogP contribution >= 0.6 is 0 Å². The van der Waals surface area contributed by atoms with Gasteiger partial charge < -0.3 is 5.32 Å². The minimum Gasteiger partial charge on any atom is -0.374 e. The first kappa shape index (κ1) is 12.0. The standard InChI is InChI=1S/C15H17N3O/c1-10(2)18-14(7-8-16-18)15(19)13-9-11-5-3-4-6-12(11)17-13/h3-8,10,13,17H,9H2,1-2H3. The van der Waals surface area contributed by atoms with Crippen LogP contribution in [0.3, 0.4) is 0 Å². The van der Waals surface area contributed by atoms with Crippen molar-refractivity contribution in [1.82, 2.24) is 9.78 Å². The van der Waals surface area contributed by atoms with Gasteiger partial charge in [0.25, 0.3) is 0 Å². The summed E-state index contributed by atoms with van der Waals surface area (Å²) in [4.78, 5) is 12.6. The van der Waals surface area contributed by atoms with Gasteiger partial charge in [0.2, 0.25) is 5.78 Å². The Hall–Kier alpha value is -2.10. The second kappa shape index (κ2) is 4.53. The van der Waals surface area contributed by atoms with Crippen molar-refractivity contribution in [1.29, 1.82) is 0 Å².